The van der Waals surface area contributed by atoms with Crippen LogP contribution >= 0.6 is 0 Å². The average Bonchev–Trinajstić information content (AvgIpc) is 2.15. The number of pyridine rings is 1. The molecule has 0 aliphatic rings. The first-order valence-electron chi connectivity index (χ1n) is 3.82. The Hall–Kier alpha value is -1.56. The van der Waals surface area contributed by atoms with Gasteiger partial charge in [0.1, 0.15) is 0 Å². The minimum absolute atomic E-state index is 0.547. The second-order valence-corrected chi connectivity index (χ2v) is 2.54. The third kappa shape index (κ3) is 2.24. The second-order valence-electron chi connectivity index (χ2n) is 2.54. The summed E-state index contributed by atoms with van der Waals surface area (Å²) in [6.07, 6.45) is 4.07. The summed E-state index contributed by atoms with van der Waals surface area (Å²) in [7, 11) is 1.95. The SMILES string of the molecule is CN(CCC#N)c1cccnc1. The number of aromatic nitrogens is 1. The van der Waals surface area contributed by atoms with Crippen LogP contribution in [0.3, 0.4) is 0 Å². The molecule has 0 bridgehead atoms. The molecule has 0 radical (unpaired) electrons. The monoisotopic (exact) mass is 161 g/mol. The van der Waals surface area contributed by atoms with E-state index in [1.54, 1.807) is 12.4 Å². The zero-order chi connectivity index (χ0) is 8.81. The lowest BCUT2D eigenvalue weighted by atomic mass is 10.3. The molecule has 62 valence electrons. The Morgan fingerprint density at radius 2 is 2.50 bits per heavy atom. The van der Waals surface area contributed by atoms with Crippen molar-refractivity contribution in [1.29, 1.82) is 5.26 Å². The highest BCUT2D eigenvalue weighted by atomic mass is 15.1. The Kier molecular flexibility index (Phi) is 3.09. The molecule has 1 heterocycles. The number of hydrogen-bond acceptors (Lipinski definition) is 3. The van der Waals surface area contributed by atoms with Crippen molar-refractivity contribution >= 4 is 5.69 Å². The Balaban J connectivity index is 2.55. The molecule has 12 heavy (non-hydrogen) atoms. The van der Waals surface area contributed by atoms with Crippen LogP contribution in [0.1, 0.15) is 6.42 Å². The molecule has 0 amide bonds. The number of nitrogens with zero attached hydrogens (tertiary/aromatic N) is 3. The van der Waals surface area contributed by atoms with E-state index in [1.807, 2.05) is 24.1 Å². The minimum Gasteiger partial charge on any atom is -0.372 e. The zero-order valence-corrected chi connectivity index (χ0v) is 7.07. The summed E-state index contributed by atoms with van der Waals surface area (Å²) >= 11 is 0. The predicted molar refractivity (Wildman–Crippen MR) is 47.7 cm³/mol. The van der Waals surface area contributed by atoms with Crippen molar-refractivity contribution < 1.29 is 0 Å². The molecule has 0 saturated carbocycles. The second kappa shape index (κ2) is 4.35. The van der Waals surface area contributed by atoms with E-state index in [4.69, 9.17) is 5.26 Å². The van der Waals surface area contributed by atoms with Gasteiger partial charge in [0.2, 0.25) is 0 Å². The quantitative estimate of drug-likeness (QED) is 0.673. The summed E-state index contributed by atoms with van der Waals surface area (Å²) in [5.74, 6) is 0. The van der Waals surface area contributed by atoms with Gasteiger partial charge in [-0.1, -0.05) is 0 Å². The van der Waals surface area contributed by atoms with Crippen molar-refractivity contribution in [3.8, 4) is 6.07 Å². The maximum absolute atomic E-state index is 8.37. The number of nitriles is 1. The van der Waals surface area contributed by atoms with Crippen LogP contribution < -0.4 is 4.90 Å². The normalized spacial score (nSPS) is 9.00. The van der Waals surface area contributed by atoms with E-state index in [9.17, 15) is 0 Å². The third-order valence-electron chi connectivity index (χ3n) is 1.65. The van der Waals surface area contributed by atoms with Crippen molar-refractivity contribution in [3.05, 3.63) is 24.5 Å². The molecule has 0 spiro atoms. The number of rotatable bonds is 3. The molecule has 0 aliphatic heterocycles. The molecule has 3 nitrogen and oxygen atoms in total. The van der Waals surface area contributed by atoms with Gasteiger partial charge in [0.25, 0.3) is 0 Å². The Bertz CT molecular complexity index is 263. The van der Waals surface area contributed by atoms with E-state index in [-0.39, 0.29) is 0 Å². The summed E-state index contributed by atoms with van der Waals surface area (Å²) in [5, 5.41) is 8.37. The van der Waals surface area contributed by atoms with Crippen molar-refractivity contribution in [2.24, 2.45) is 0 Å². The molecule has 0 N–H and O–H groups in total. The standard InChI is InChI=1S/C9H11N3/c1-12(7-3-5-10)9-4-2-6-11-8-9/h2,4,6,8H,3,7H2,1H3. The maximum Gasteiger partial charge on any atom is 0.0640 e. The molecule has 1 aromatic heterocycles. The fourth-order valence-corrected chi connectivity index (χ4v) is 0.926. The topological polar surface area (TPSA) is 39.9 Å². The van der Waals surface area contributed by atoms with Gasteiger partial charge in [-0.05, 0) is 12.1 Å². The Morgan fingerprint density at radius 1 is 1.67 bits per heavy atom. The zero-order valence-electron chi connectivity index (χ0n) is 7.07. The van der Waals surface area contributed by atoms with Gasteiger partial charge in [0, 0.05) is 19.8 Å². The summed E-state index contributed by atoms with van der Waals surface area (Å²) in [4.78, 5) is 6.00. The largest absolute Gasteiger partial charge is 0.372 e. The lowest BCUT2D eigenvalue weighted by Crippen LogP contribution is -2.17. The van der Waals surface area contributed by atoms with Gasteiger partial charge >= 0.3 is 0 Å². The highest BCUT2D eigenvalue weighted by Gasteiger charge is 1.97. The predicted octanol–water partition coefficient (Wildman–Crippen LogP) is 1.43. The van der Waals surface area contributed by atoms with Crippen LogP contribution in [0.4, 0.5) is 5.69 Å². The van der Waals surface area contributed by atoms with Gasteiger partial charge in [-0.25, -0.2) is 0 Å². The molecule has 0 unspecified atom stereocenters. The maximum atomic E-state index is 8.37. The first kappa shape index (κ1) is 8.54. The third-order valence-corrected chi connectivity index (χ3v) is 1.65. The Morgan fingerprint density at radius 3 is 3.08 bits per heavy atom. The average molecular weight is 161 g/mol. The lowest BCUT2D eigenvalue weighted by molar-refractivity contribution is 0.901. The van der Waals surface area contributed by atoms with Gasteiger partial charge in [0.15, 0.2) is 0 Å². The van der Waals surface area contributed by atoms with Crippen LogP contribution in [0, 0.1) is 11.3 Å². The molecule has 0 atom stereocenters. The lowest BCUT2D eigenvalue weighted by Gasteiger charge is -2.16. The van der Waals surface area contributed by atoms with Gasteiger partial charge < -0.3 is 4.90 Å². The van der Waals surface area contributed by atoms with Gasteiger partial charge in [-0.3, -0.25) is 4.98 Å². The van der Waals surface area contributed by atoms with Crippen molar-refractivity contribution in [1.82, 2.24) is 4.98 Å². The van der Waals surface area contributed by atoms with E-state index in [1.165, 1.54) is 0 Å². The smallest absolute Gasteiger partial charge is 0.0640 e. The highest BCUT2D eigenvalue weighted by molar-refractivity contribution is 5.42. The van der Waals surface area contributed by atoms with E-state index in [2.05, 4.69) is 11.1 Å². The molecule has 3 heteroatoms. The fraction of sp³-hybridized carbons (Fsp3) is 0.333. The molecule has 1 aromatic rings. The van der Waals surface area contributed by atoms with Gasteiger partial charge in [-0.2, -0.15) is 5.26 Å². The summed E-state index contributed by atoms with van der Waals surface area (Å²) < 4.78 is 0. The molecular weight excluding hydrogens is 150 g/mol. The van der Waals surface area contributed by atoms with E-state index >= 15 is 0 Å². The first-order chi connectivity index (χ1) is 5.84. The minimum atomic E-state index is 0.547. The molecule has 1 rings (SSSR count). The van der Waals surface area contributed by atoms with E-state index in [0.29, 0.717) is 6.42 Å². The van der Waals surface area contributed by atoms with Crippen LogP contribution in [0.5, 0.6) is 0 Å². The fourth-order valence-electron chi connectivity index (χ4n) is 0.926. The van der Waals surface area contributed by atoms with Gasteiger partial charge in [0.05, 0.1) is 24.4 Å². The van der Waals surface area contributed by atoms with Crippen molar-refractivity contribution in [3.63, 3.8) is 0 Å². The Labute approximate surface area is 72.3 Å². The van der Waals surface area contributed by atoms with Gasteiger partial charge in [-0.15, -0.1) is 0 Å². The van der Waals surface area contributed by atoms with Crippen LogP contribution in [0.15, 0.2) is 24.5 Å². The first-order valence-corrected chi connectivity index (χ1v) is 3.82. The summed E-state index contributed by atoms with van der Waals surface area (Å²) in [6.45, 7) is 0.752. The van der Waals surface area contributed by atoms with Crippen LogP contribution in [-0.2, 0) is 0 Å². The van der Waals surface area contributed by atoms with E-state index in [0.717, 1.165) is 12.2 Å². The van der Waals surface area contributed by atoms with E-state index < -0.39 is 0 Å². The molecule has 0 fully saturated rings. The molecular formula is C9H11N3. The summed E-state index contributed by atoms with van der Waals surface area (Å²) in [6, 6.07) is 5.97. The van der Waals surface area contributed by atoms with Crippen LogP contribution in [0.25, 0.3) is 0 Å². The van der Waals surface area contributed by atoms with Crippen molar-refractivity contribution in [2.45, 2.75) is 6.42 Å². The summed E-state index contributed by atoms with van der Waals surface area (Å²) in [5.41, 5.74) is 1.05. The van der Waals surface area contributed by atoms with Crippen LogP contribution in [-0.4, -0.2) is 18.6 Å². The molecule has 0 aliphatic carbocycles. The van der Waals surface area contributed by atoms with Crippen LogP contribution in [0.2, 0.25) is 0 Å². The molecule has 0 saturated heterocycles. The number of hydrogen-bond donors (Lipinski definition) is 0. The number of anilines is 1. The van der Waals surface area contributed by atoms with Crippen molar-refractivity contribution in [2.75, 3.05) is 18.5 Å². The highest BCUT2D eigenvalue weighted by Crippen LogP contribution is 2.08. The molecule has 0 aromatic carbocycles.